The molecule has 0 aliphatic rings. The second-order valence-corrected chi connectivity index (χ2v) is 6.26. The molecule has 1 rings (SSSR count). The van der Waals surface area contributed by atoms with Gasteiger partial charge in [0.1, 0.15) is 5.82 Å². The Kier molecular flexibility index (Phi) is 4.75. The van der Waals surface area contributed by atoms with E-state index in [1.54, 1.807) is 0 Å². The zero-order valence-electron chi connectivity index (χ0n) is 10.4. The van der Waals surface area contributed by atoms with Crippen LogP contribution in [0.4, 0.5) is 19.0 Å². The molecule has 1 heterocycles. The fourth-order valence-corrected chi connectivity index (χ4v) is 1.88. The van der Waals surface area contributed by atoms with Crippen LogP contribution in [0.5, 0.6) is 0 Å². The highest BCUT2D eigenvalue weighted by molar-refractivity contribution is 7.89. The van der Waals surface area contributed by atoms with Crippen LogP contribution in [-0.4, -0.2) is 44.1 Å². The van der Waals surface area contributed by atoms with Gasteiger partial charge in [0, 0.05) is 26.8 Å². The first-order chi connectivity index (χ1) is 8.63. The molecule has 1 N–H and O–H groups in total. The molecule has 0 amide bonds. The maximum absolute atomic E-state index is 12.3. The first-order valence-electron chi connectivity index (χ1n) is 5.30. The minimum Gasteiger partial charge on any atom is -0.369 e. The van der Waals surface area contributed by atoms with E-state index in [1.807, 2.05) is 0 Å². The van der Waals surface area contributed by atoms with Crippen molar-refractivity contribution in [1.29, 1.82) is 0 Å². The van der Waals surface area contributed by atoms with Crippen molar-refractivity contribution < 1.29 is 21.6 Å². The molecular weight excluding hydrogens is 283 g/mol. The van der Waals surface area contributed by atoms with Gasteiger partial charge in [-0.1, -0.05) is 0 Å². The number of alkyl halides is 3. The van der Waals surface area contributed by atoms with Crippen LogP contribution in [0.25, 0.3) is 0 Å². The number of pyridine rings is 1. The number of halogens is 3. The highest BCUT2D eigenvalue weighted by atomic mass is 32.2. The van der Waals surface area contributed by atoms with Crippen molar-refractivity contribution in [2.24, 2.45) is 0 Å². The normalized spacial score (nSPS) is 12.7. The Labute approximate surface area is 109 Å². The van der Waals surface area contributed by atoms with Crippen LogP contribution in [0.2, 0.25) is 0 Å². The predicted molar refractivity (Wildman–Crippen MR) is 65.2 cm³/mol. The monoisotopic (exact) mass is 297 g/mol. The third-order valence-electron chi connectivity index (χ3n) is 2.31. The summed E-state index contributed by atoms with van der Waals surface area (Å²) in [5.41, 5.74) is -0.848. The summed E-state index contributed by atoms with van der Waals surface area (Å²) in [5.74, 6) is 0.0323. The molecule has 0 aliphatic carbocycles. The SMILES string of the molecule is CN(C)S(=O)(=O)CCNc1ccc(C(F)(F)F)cn1. The minimum atomic E-state index is -4.43. The highest BCUT2D eigenvalue weighted by Gasteiger charge is 2.30. The van der Waals surface area contributed by atoms with Gasteiger partial charge < -0.3 is 5.32 Å². The summed E-state index contributed by atoms with van der Waals surface area (Å²) in [5, 5.41) is 2.65. The number of nitrogens with one attached hydrogen (secondary N) is 1. The second kappa shape index (κ2) is 5.74. The molecule has 0 bridgehead atoms. The van der Waals surface area contributed by atoms with Gasteiger partial charge in [-0.15, -0.1) is 0 Å². The lowest BCUT2D eigenvalue weighted by molar-refractivity contribution is -0.137. The molecule has 108 valence electrons. The summed E-state index contributed by atoms with van der Waals surface area (Å²) in [6, 6.07) is 2.04. The Balaban J connectivity index is 2.56. The van der Waals surface area contributed by atoms with Gasteiger partial charge in [0.25, 0.3) is 0 Å². The highest BCUT2D eigenvalue weighted by Crippen LogP contribution is 2.28. The molecule has 0 spiro atoms. The van der Waals surface area contributed by atoms with Crippen molar-refractivity contribution in [3.63, 3.8) is 0 Å². The van der Waals surface area contributed by atoms with Crippen LogP contribution in [0.1, 0.15) is 5.56 Å². The lowest BCUT2D eigenvalue weighted by Crippen LogP contribution is -2.28. The van der Waals surface area contributed by atoms with E-state index in [-0.39, 0.29) is 18.1 Å². The van der Waals surface area contributed by atoms with Crippen LogP contribution >= 0.6 is 0 Å². The summed E-state index contributed by atoms with van der Waals surface area (Å²) in [6.45, 7) is 0.0683. The van der Waals surface area contributed by atoms with E-state index >= 15 is 0 Å². The van der Waals surface area contributed by atoms with E-state index in [4.69, 9.17) is 0 Å². The van der Waals surface area contributed by atoms with Crippen LogP contribution < -0.4 is 5.32 Å². The molecular formula is C10H14F3N3O2S. The van der Waals surface area contributed by atoms with E-state index in [0.717, 1.165) is 16.4 Å². The van der Waals surface area contributed by atoms with Crippen LogP contribution in [-0.2, 0) is 16.2 Å². The lowest BCUT2D eigenvalue weighted by Gasteiger charge is -2.12. The Morgan fingerprint density at radius 2 is 1.95 bits per heavy atom. The molecule has 1 aromatic heterocycles. The predicted octanol–water partition coefficient (Wildman–Crippen LogP) is 1.40. The zero-order valence-corrected chi connectivity index (χ0v) is 11.2. The van der Waals surface area contributed by atoms with Crippen LogP contribution in [0, 0.1) is 0 Å². The average molecular weight is 297 g/mol. The molecule has 0 unspecified atom stereocenters. The van der Waals surface area contributed by atoms with Gasteiger partial charge >= 0.3 is 6.18 Å². The largest absolute Gasteiger partial charge is 0.417 e. The summed E-state index contributed by atoms with van der Waals surface area (Å²) >= 11 is 0. The fraction of sp³-hybridized carbons (Fsp3) is 0.500. The van der Waals surface area contributed by atoms with Gasteiger partial charge in [-0.05, 0) is 12.1 Å². The summed E-state index contributed by atoms with van der Waals surface area (Å²) < 4.78 is 60.7. The zero-order chi connectivity index (χ0) is 14.7. The van der Waals surface area contributed by atoms with Gasteiger partial charge in [0.15, 0.2) is 0 Å². The van der Waals surface area contributed by atoms with Gasteiger partial charge in [-0.3, -0.25) is 0 Å². The third-order valence-corrected chi connectivity index (χ3v) is 4.15. The molecule has 9 heteroatoms. The van der Waals surface area contributed by atoms with Crippen LogP contribution in [0.3, 0.4) is 0 Å². The molecule has 1 aromatic rings. The second-order valence-electron chi connectivity index (χ2n) is 3.96. The lowest BCUT2D eigenvalue weighted by atomic mass is 10.3. The smallest absolute Gasteiger partial charge is 0.369 e. The van der Waals surface area contributed by atoms with Gasteiger partial charge in [-0.2, -0.15) is 13.2 Å². The maximum atomic E-state index is 12.3. The van der Waals surface area contributed by atoms with Crippen molar-refractivity contribution in [3.05, 3.63) is 23.9 Å². The van der Waals surface area contributed by atoms with Crippen LogP contribution in [0.15, 0.2) is 18.3 Å². The summed E-state index contributed by atoms with van der Waals surface area (Å²) in [7, 11) is -0.520. The van der Waals surface area contributed by atoms with Crippen molar-refractivity contribution in [2.75, 3.05) is 31.7 Å². The van der Waals surface area contributed by atoms with Crippen molar-refractivity contribution >= 4 is 15.8 Å². The van der Waals surface area contributed by atoms with E-state index in [2.05, 4.69) is 10.3 Å². The molecule has 0 atom stereocenters. The molecule has 0 radical (unpaired) electrons. The van der Waals surface area contributed by atoms with Gasteiger partial charge in [0.05, 0.1) is 11.3 Å². The quantitative estimate of drug-likeness (QED) is 0.892. The Hall–Kier alpha value is -1.35. The standard InChI is InChI=1S/C10H14F3N3O2S/c1-16(2)19(17,18)6-5-14-9-4-3-8(7-15-9)10(11,12)13/h3-4,7H,5-6H2,1-2H3,(H,14,15). The summed E-state index contributed by atoms with van der Waals surface area (Å²) in [6.07, 6.45) is -3.73. The maximum Gasteiger partial charge on any atom is 0.417 e. The number of hydrogen-bond donors (Lipinski definition) is 1. The van der Waals surface area contributed by atoms with E-state index in [1.165, 1.54) is 14.1 Å². The van der Waals surface area contributed by atoms with E-state index in [9.17, 15) is 21.6 Å². The first-order valence-corrected chi connectivity index (χ1v) is 6.91. The van der Waals surface area contributed by atoms with Crippen molar-refractivity contribution in [3.8, 4) is 0 Å². The summed E-state index contributed by atoms with van der Waals surface area (Å²) in [4.78, 5) is 3.57. The van der Waals surface area contributed by atoms with Crippen molar-refractivity contribution in [1.82, 2.24) is 9.29 Å². The van der Waals surface area contributed by atoms with E-state index in [0.29, 0.717) is 6.20 Å². The molecule has 19 heavy (non-hydrogen) atoms. The third kappa shape index (κ3) is 4.67. The van der Waals surface area contributed by atoms with Gasteiger partial charge in [0.2, 0.25) is 10.0 Å². The number of anilines is 1. The molecule has 0 aromatic carbocycles. The number of rotatable bonds is 5. The first kappa shape index (κ1) is 15.7. The Morgan fingerprint density at radius 1 is 1.32 bits per heavy atom. The molecule has 0 fully saturated rings. The fourth-order valence-electron chi connectivity index (χ4n) is 1.16. The number of nitrogens with zero attached hydrogens (tertiary/aromatic N) is 2. The Morgan fingerprint density at radius 3 is 2.37 bits per heavy atom. The number of sulfonamides is 1. The Bertz CT molecular complexity index is 512. The number of aromatic nitrogens is 1. The average Bonchev–Trinajstić information content (AvgIpc) is 2.28. The van der Waals surface area contributed by atoms with E-state index < -0.39 is 21.8 Å². The van der Waals surface area contributed by atoms with Gasteiger partial charge in [-0.25, -0.2) is 17.7 Å². The molecule has 0 aliphatic heterocycles. The van der Waals surface area contributed by atoms with Crippen molar-refractivity contribution in [2.45, 2.75) is 6.18 Å². The minimum absolute atomic E-state index is 0.0683. The molecule has 5 nitrogen and oxygen atoms in total. The topological polar surface area (TPSA) is 62.3 Å². The molecule has 0 saturated carbocycles. The molecule has 0 saturated heterocycles. The number of hydrogen-bond acceptors (Lipinski definition) is 4.